The molecule has 6 nitrogen and oxygen atoms in total. The number of nitrogens with zero attached hydrogens (tertiary/aromatic N) is 1. The number of esters is 1. The molecule has 0 amide bonds. The third-order valence-electron chi connectivity index (χ3n) is 3.74. The lowest BCUT2D eigenvalue weighted by Gasteiger charge is -2.19. The first-order valence-electron chi connectivity index (χ1n) is 7.08. The summed E-state index contributed by atoms with van der Waals surface area (Å²) >= 11 is 0.995. The van der Waals surface area contributed by atoms with Gasteiger partial charge in [-0.3, -0.25) is 4.79 Å². The lowest BCUT2D eigenvalue weighted by molar-refractivity contribution is -0.139. The molecule has 0 bridgehead atoms. The number of hydrogen-bond donors (Lipinski definition) is 1. The second-order valence-electron chi connectivity index (χ2n) is 5.41. The van der Waals surface area contributed by atoms with Gasteiger partial charge in [-0.2, -0.15) is 0 Å². The van der Waals surface area contributed by atoms with E-state index in [1.165, 1.54) is 6.42 Å². The molecule has 0 unspecified atom stereocenters. The first-order valence-corrected chi connectivity index (χ1v) is 9.45. The van der Waals surface area contributed by atoms with Crippen molar-refractivity contribution in [1.29, 1.82) is 0 Å². The van der Waals surface area contributed by atoms with Gasteiger partial charge in [0.25, 0.3) is 10.0 Å². The Balaban J connectivity index is 1.81. The van der Waals surface area contributed by atoms with Crippen molar-refractivity contribution in [1.82, 2.24) is 4.98 Å². The van der Waals surface area contributed by atoms with Crippen molar-refractivity contribution in [3.05, 3.63) is 18.2 Å². The zero-order valence-corrected chi connectivity index (χ0v) is 13.5. The second kappa shape index (κ2) is 5.94. The van der Waals surface area contributed by atoms with Crippen molar-refractivity contribution in [3.63, 3.8) is 0 Å². The fraction of sp³-hybridized carbons (Fsp3) is 0.429. The highest BCUT2D eigenvalue weighted by Crippen LogP contribution is 2.29. The van der Waals surface area contributed by atoms with Crippen LogP contribution in [0.1, 0.15) is 32.1 Å². The molecule has 22 heavy (non-hydrogen) atoms. The Labute approximate surface area is 132 Å². The molecule has 8 heteroatoms. The molecule has 1 aromatic carbocycles. The molecule has 0 saturated heterocycles. The number of primary sulfonamides is 1. The van der Waals surface area contributed by atoms with E-state index in [-0.39, 0.29) is 16.2 Å². The number of carbonyl (C=O) groups is 1. The lowest BCUT2D eigenvalue weighted by atomic mass is 9.89. The summed E-state index contributed by atoms with van der Waals surface area (Å²) in [6, 6.07) is 4.90. The minimum atomic E-state index is -3.82. The Kier molecular flexibility index (Phi) is 4.16. The molecule has 1 heterocycles. The largest absolute Gasteiger partial charge is 0.426 e. The van der Waals surface area contributed by atoms with E-state index in [9.17, 15) is 13.2 Å². The minimum Gasteiger partial charge on any atom is -0.426 e. The Morgan fingerprint density at radius 3 is 2.68 bits per heavy atom. The van der Waals surface area contributed by atoms with Gasteiger partial charge in [0, 0.05) is 6.07 Å². The molecule has 118 valence electrons. The summed E-state index contributed by atoms with van der Waals surface area (Å²) in [6.45, 7) is 0. The van der Waals surface area contributed by atoms with Crippen LogP contribution in [0, 0.1) is 5.92 Å². The smallest absolute Gasteiger partial charge is 0.314 e. The summed E-state index contributed by atoms with van der Waals surface area (Å²) in [5, 5.41) is 5.07. The van der Waals surface area contributed by atoms with Gasteiger partial charge < -0.3 is 4.74 Å². The van der Waals surface area contributed by atoms with Gasteiger partial charge in [-0.1, -0.05) is 19.3 Å². The zero-order valence-electron chi connectivity index (χ0n) is 11.8. The quantitative estimate of drug-likeness (QED) is 0.683. The topological polar surface area (TPSA) is 99.4 Å². The number of rotatable bonds is 3. The van der Waals surface area contributed by atoms with E-state index in [1.54, 1.807) is 18.2 Å². The third-order valence-corrected chi connectivity index (χ3v) is 6.10. The van der Waals surface area contributed by atoms with E-state index < -0.39 is 10.0 Å². The first-order chi connectivity index (χ1) is 10.4. The molecular formula is C14H16N2O4S2. The van der Waals surface area contributed by atoms with E-state index in [4.69, 9.17) is 9.88 Å². The molecule has 0 atom stereocenters. The number of ether oxygens (including phenoxy) is 1. The van der Waals surface area contributed by atoms with Gasteiger partial charge in [-0.15, -0.1) is 11.3 Å². The summed E-state index contributed by atoms with van der Waals surface area (Å²) in [5.41, 5.74) is 0.461. The number of carbonyl (C=O) groups excluding carboxylic acids is 1. The Morgan fingerprint density at radius 1 is 1.27 bits per heavy atom. The number of hydrogen-bond acceptors (Lipinski definition) is 6. The number of fused-ring (bicyclic) bond motifs is 1. The van der Waals surface area contributed by atoms with Crippen LogP contribution in [0.3, 0.4) is 0 Å². The first kappa shape index (κ1) is 15.4. The molecule has 0 spiro atoms. The van der Waals surface area contributed by atoms with Crippen LogP contribution in [-0.2, 0) is 14.8 Å². The van der Waals surface area contributed by atoms with Crippen molar-refractivity contribution in [2.45, 2.75) is 36.4 Å². The third kappa shape index (κ3) is 3.29. The van der Waals surface area contributed by atoms with E-state index in [1.807, 2.05) is 0 Å². The fourth-order valence-corrected chi connectivity index (χ4v) is 4.25. The summed E-state index contributed by atoms with van der Waals surface area (Å²) in [7, 11) is -3.82. The van der Waals surface area contributed by atoms with Crippen molar-refractivity contribution >= 4 is 37.5 Å². The van der Waals surface area contributed by atoms with Crippen LogP contribution in [0.25, 0.3) is 10.2 Å². The van der Waals surface area contributed by atoms with Crippen molar-refractivity contribution in [3.8, 4) is 5.75 Å². The zero-order chi connectivity index (χ0) is 15.7. The minimum absolute atomic E-state index is 0.0418. The van der Waals surface area contributed by atoms with Gasteiger partial charge in [-0.25, -0.2) is 18.5 Å². The van der Waals surface area contributed by atoms with Gasteiger partial charge in [0.05, 0.1) is 16.1 Å². The summed E-state index contributed by atoms with van der Waals surface area (Å²) in [5.74, 6) is 0.121. The number of nitrogens with two attached hydrogens (primary N) is 1. The van der Waals surface area contributed by atoms with Gasteiger partial charge in [0.2, 0.25) is 4.34 Å². The van der Waals surface area contributed by atoms with Crippen LogP contribution in [0.15, 0.2) is 22.5 Å². The Morgan fingerprint density at radius 2 is 2.00 bits per heavy atom. The van der Waals surface area contributed by atoms with Crippen LogP contribution in [0.2, 0.25) is 0 Å². The number of sulfonamides is 1. The van der Waals surface area contributed by atoms with E-state index in [0.29, 0.717) is 16.0 Å². The van der Waals surface area contributed by atoms with Crippen LogP contribution in [0.5, 0.6) is 5.75 Å². The highest BCUT2D eigenvalue weighted by molar-refractivity contribution is 7.91. The van der Waals surface area contributed by atoms with Gasteiger partial charge in [0.1, 0.15) is 5.75 Å². The predicted octanol–water partition coefficient (Wildman–Crippen LogP) is 2.43. The van der Waals surface area contributed by atoms with E-state index >= 15 is 0 Å². The number of benzene rings is 1. The summed E-state index contributed by atoms with van der Waals surface area (Å²) in [6.07, 6.45) is 5.02. The maximum Gasteiger partial charge on any atom is 0.314 e. The molecule has 0 radical (unpaired) electrons. The second-order valence-corrected chi connectivity index (χ2v) is 8.18. The fourth-order valence-electron chi connectivity index (χ4n) is 2.61. The molecule has 1 aliphatic rings. The lowest BCUT2D eigenvalue weighted by Crippen LogP contribution is -2.22. The van der Waals surface area contributed by atoms with Crippen LogP contribution in [-0.4, -0.2) is 19.4 Å². The van der Waals surface area contributed by atoms with Crippen LogP contribution in [0.4, 0.5) is 0 Å². The highest BCUT2D eigenvalue weighted by Gasteiger charge is 2.23. The van der Waals surface area contributed by atoms with Crippen molar-refractivity contribution < 1.29 is 17.9 Å². The van der Waals surface area contributed by atoms with E-state index in [2.05, 4.69) is 4.98 Å². The molecule has 2 N–H and O–H groups in total. The maximum absolute atomic E-state index is 12.1. The van der Waals surface area contributed by atoms with Crippen molar-refractivity contribution in [2.75, 3.05) is 0 Å². The van der Waals surface area contributed by atoms with Crippen LogP contribution >= 0.6 is 11.3 Å². The van der Waals surface area contributed by atoms with Gasteiger partial charge in [0.15, 0.2) is 0 Å². The molecule has 3 rings (SSSR count). The van der Waals surface area contributed by atoms with E-state index in [0.717, 1.165) is 37.0 Å². The standard InChI is InChI=1S/C14H16N2O4S2/c15-22(18,19)14-16-11-8-10(6-7-12(11)21-14)20-13(17)9-4-2-1-3-5-9/h6-9H,1-5H2,(H2,15,18,19). The molecule has 1 saturated carbocycles. The van der Waals surface area contributed by atoms with Crippen molar-refractivity contribution in [2.24, 2.45) is 11.1 Å². The number of thiazole rings is 1. The van der Waals surface area contributed by atoms with Gasteiger partial charge >= 0.3 is 5.97 Å². The highest BCUT2D eigenvalue weighted by atomic mass is 32.2. The summed E-state index contributed by atoms with van der Waals surface area (Å²) < 4.78 is 28.6. The molecular weight excluding hydrogens is 324 g/mol. The molecule has 1 fully saturated rings. The maximum atomic E-state index is 12.1. The molecule has 1 aliphatic carbocycles. The average Bonchev–Trinajstić information content (AvgIpc) is 2.91. The monoisotopic (exact) mass is 340 g/mol. The number of aromatic nitrogens is 1. The Bertz CT molecular complexity index is 807. The molecule has 2 aromatic rings. The van der Waals surface area contributed by atoms with Gasteiger partial charge in [-0.05, 0) is 25.0 Å². The molecule has 1 aromatic heterocycles. The predicted molar refractivity (Wildman–Crippen MR) is 83.2 cm³/mol. The van der Waals surface area contributed by atoms with Crippen LogP contribution < -0.4 is 9.88 Å². The SMILES string of the molecule is NS(=O)(=O)c1nc2cc(OC(=O)C3CCCCC3)ccc2s1. The normalized spacial score (nSPS) is 16.8. The molecule has 0 aliphatic heterocycles. The summed E-state index contributed by atoms with van der Waals surface area (Å²) in [4.78, 5) is 16.1. The average molecular weight is 340 g/mol. The Hall–Kier alpha value is -1.51.